The van der Waals surface area contributed by atoms with Crippen LogP contribution in [0, 0.1) is 5.92 Å². The molecule has 52 heavy (non-hydrogen) atoms. The smallest absolute Gasteiger partial charge is 0.425 e. The van der Waals surface area contributed by atoms with Crippen LogP contribution in [0.25, 0.3) is 0 Å². The van der Waals surface area contributed by atoms with E-state index < -0.39 is 69.9 Å². The zero-order valence-corrected chi connectivity index (χ0v) is 29.7. The number of aliphatic carboxylic acids is 1. The lowest BCUT2D eigenvalue weighted by Gasteiger charge is -2.51. The van der Waals surface area contributed by atoms with Crippen LogP contribution in [0.4, 0.5) is 26.3 Å². The van der Waals surface area contributed by atoms with Gasteiger partial charge in [-0.15, -0.1) is 11.3 Å². The number of carbonyl (C=O) groups excluding carboxylic acids is 2. The van der Waals surface area contributed by atoms with Gasteiger partial charge in [-0.25, -0.2) is 0 Å². The van der Waals surface area contributed by atoms with E-state index in [1.54, 1.807) is 25.1 Å². The predicted molar refractivity (Wildman–Crippen MR) is 178 cm³/mol. The van der Waals surface area contributed by atoms with Crippen molar-refractivity contribution in [1.82, 2.24) is 14.8 Å². The SMILES string of the molecule is CCC[C@H]1N(C(=O)c2ncccc2C(F)(F)F)CCC[C@@]1(Oc1csc(C(F)(F)F)c1)C(=O)N1Cc2ccc(Cl)cc2C[C@@H]1C[C@H](COC)C(=O)O. The predicted octanol–water partition coefficient (Wildman–Crippen LogP) is 7.75. The van der Waals surface area contributed by atoms with Gasteiger partial charge in [0.15, 0.2) is 0 Å². The fraction of sp³-hybridized carbons (Fsp3) is 0.486. The number of hydrogen-bond acceptors (Lipinski definition) is 7. The summed E-state index contributed by atoms with van der Waals surface area (Å²) in [5.41, 5.74) is -2.83. The van der Waals surface area contributed by atoms with Gasteiger partial charge >= 0.3 is 18.3 Å². The minimum Gasteiger partial charge on any atom is -0.481 e. The molecule has 0 unspecified atom stereocenters. The number of alkyl halides is 6. The number of rotatable bonds is 11. The highest BCUT2D eigenvalue weighted by molar-refractivity contribution is 7.10. The number of benzene rings is 1. The third-order valence-electron chi connectivity index (χ3n) is 9.46. The lowest BCUT2D eigenvalue weighted by atomic mass is 9.78. The summed E-state index contributed by atoms with van der Waals surface area (Å²) >= 11 is 6.62. The van der Waals surface area contributed by atoms with Crippen LogP contribution in [0.15, 0.2) is 48.0 Å². The summed E-state index contributed by atoms with van der Waals surface area (Å²) in [7, 11) is 1.34. The summed E-state index contributed by atoms with van der Waals surface area (Å²) in [6.45, 7) is 1.39. The Balaban J connectivity index is 1.66. The molecule has 1 fully saturated rings. The standard InChI is InChI=1S/C35H36ClF6N3O6S/c1-3-6-27-33(51-25-16-28(52-19-25)35(40,41)42,10-5-12-44(27)30(46)29-26(34(37,38)39)7-4-11-43-29)32(49)45-17-20-8-9-23(36)13-21(20)14-24(45)15-22(18-50-2)31(47)48/h4,7-9,11,13,16,19,22,24,27H,3,5-6,10,12,14-15,17-18H2,1-2H3,(H,47,48)/t22-,24-,27-,33+/m1/s1. The fourth-order valence-corrected chi connectivity index (χ4v) is 8.02. The molecule has 17 heteroatoms. The molecule has 2 aromatic heterocycles. The number of methoxy groups -OCH3 is 1. The summed E-state index contributed by atoms with van der Waals surface area (Å²) in [6, 6.07) is 5.49. The number of likely N-dealkylation sites (tertiary alicyclic amines) is 1. The zero-order chi connectivity index (χ0) is 38.0. The van der Waals surface area contributed by atoms with Gasteiger partial charge in [-0.3, -0.25) is 19.4 Å². The van der Waals surface area contributed by atoms with Crippen LogP contribution < -0.4 is 4.74 Å². The van der Waals surface area contributed by atoms with Crippen molar-refractivity contribution in [3.05, 3.63) is 80.3 Å². The van der Waals surface area contributed by atoms with E-state index in [1.807, 2.05) is 0 Å². The van der Waals surface area contributed by atoms with Crippen LogP contribution in [0.5, 0.6) is 5.75 Å². The topological polar surface area (TPSA) is 109 Å². The number of carboxylic acid groups (broad SMARTS) is 1. The third kappa shape index (κ3) is 8.18. The van der Waals surface area contributed by atoms with Crippen molar-refractivity contribution in [2.24, 2.45) is 5.92 Å². The number of carbonyl (C=O) groups is 3. The fourth-order valence-electron chi connectivity index (χ4n) is 7.15. The Morgan fingerprint density at radius 2 is 1.85 bits per heavy atom. The van der Waals surface area contributed by atoms with Gasteiger partial charge in [0.25, 0.3) is 11.8 Å². The van der Waals surface area contributed by atoms with Crippen molar-refractivity contribution in [3.63, 3.8) is 0 Å². The highest BCUT2D eigenvalue weighted by Crippen LogP contribution is 2.44. The lowest BCUT2D eigenvalue weighted by molar-refractivity contribution is -0.164. The van der Waals surface area contributed by atoms with Crippen molar-refractivity contribution >= 4 is 40.7 Å². The largest absolute Gasteiger partial charge is 0.481 e. The van der Waals surface area contributed by atoms with Gasteiger partial charge in [0.1, 0.15) is 16.3 Å². The number of nitrogens with zero attached hydrogens (tertiary/aromatic N) is 3. The normalized spacial score (nSPS) is 21.4. The number of hydrogen-bond donors (Lipinski definition) is 1. The number of amides is 2. The molecule has 0 bridgehead atoms. The van der Waals surface area contributed by atoms with Crippen LogP contribution >= 0.6 is 22.9 Å². The van der Waals surface area contributed by atoms with Crippen molar-refractivity contribution in [1.29, 1.82) is 0 Å². The molecular formula is C35H36ClF6N3O6S. The second-order valence-electron chi connectivity index (χ2n) is 12.9. The average Bonchev–Trinajstić information content (AvgIpc) is 3.57. The molecule has 4 heterocycles. The Morgan fingerprint density at radius 3 is 2.48 bits per heavy atom. The molecule has 3 aromatic rings. The summed E-state index contributed by atoms with van der Waals surface area (Å²) in [6.07, 6.45) is -8.30. The number of ether oxygens (including phenoxy) is 2. The van der Waals surface area contributed by atoms with Crippen LogP contribution in [-0.2, 0) is 39.6 Å². The molecule has 1 saturated heterocycles. The number of fused-ring (bicyclic) bond motifs is 1. The summed E-state index contributed by atoms with van der Waals surface area (Å²) in [5, 5.41) is 11.5. The van der Waals surface area contributed by atoms with E-state index in [-0.39, 0.29) is 57.6 Å². The molecule has 9 nitrogen and oxygen atoms in total. The Kier molecular flexibility index (Phi) is 11.8. The number of carboxylic acids is 1. The van der Waals surface area contributed by atoms with Crippen LogP contribution in [-0.4, -0.2) is 75.6 Å². The summed E-state index contributed by atoms with van der Waals surface area (Å²) < 4.78 is 95.0. The summed E-state index contributed by atoms with van der Waals surface area (Å²) in [5.74, 6) is -4.40. The number of pyridine rings is 1. The van der Waals surface area contributed by atoms with Gasteiger partial charge in [0.2, 0.25) is 5.60 Å². The van der Waals surface area contributed by atoms with E-state index in [9.17, 15) is 41.0 Å². The molecule has 2 amide bonds. The number of thiophene rings is 1. The first-order chi connectivity index (χ1) is 24.5. The van der Waals surface area contributed by atoms with E-state index in [0.717, 1.165) is 40.2 Å². The Bertz CT molecular complexity index is 1790. The molecule has 1 N–H and O–H groups in total. The Hall–Kier alpha value is -3.89. The van der Waals surface area contributed by atoms with Crippen LogP contribution in [0.2, 0.25) is 5.02 Å². The quantitative estimate of drug-likeness (QED) is 0.199. The van der Waals surface area contributed by atoms with E-state index in [4.69, 9.17) is 21.1 Å². The zero-order valence-electron chi connectivity index (χ0n) is 28.1. The first-order valence-corrected chi connectivity index (χ1v) is 17.7. The Morgan fingerprint density at radius 1 is 1.10 bits per heavy atom. The average molecular weight is 776 g/mol. The van der Waals surface area contributed by atoms with Crippen molar-refractivity contribution < 1.29 is 55.3 Å². The maximum atomic E-state index is 15.3. The van der Waals surface area contributed by atoms with Gasteiger partial charge in [0.05, 0.1) is 24.1 Å². The molecule has 4 atom stereocenters. The second kappa shape index (κ2) is 15.6. The first-order valence-electron chi connectivity index (χ1n) is 16.5. The van der Waals surface area contributed by atoms with Crippen molar-refractivity contribution in [2.45, 2.75) is 82.0 Å². The Labute approximate surface area is 304 Å². The van der Waals surface area contributed by atoms with Crippen molar-refractivity contribution in [2.75, 3.05) is 20.3 Å². The van der Waals surface area contributed by atoms with Crippen LogP contribution in [0.1, 0.15) is 71.1 Å². The highest BCUT2D eigenvalue weighted by atomic mass is 35.5. The molecule has 282 valence electrons. The number of aromatic nitrogens is 1. The molecule has 2 aliphatic rings. The molecule has 5 rings (SSSR count). The van der Waals surface area contributed by atoms with Gasteiger partial charge in [-0.1, -0.05) is 31.0 Å². The van der Waals surface area contributed by atoms with E-state index >= 15 is 4.79 Å². The van der Waals surface area contributed by atoms with Crippen molar-refractivity contribution in [3.8, 4) is 5.75 Å². The minimum absolute atomic E-state index is 0.0219. The lowest BCUT2D eigenvalue weighted by Crippen LogP contribution is -2.69. The minimum atomic E-state index is -4.94. The molecule has 2 aliphatic heterocycles. The van der Waals surface area contributed by atoms with E-state index in [0.29, 0.717) is 28.3 Å². The number of piperidine rings is 1. The number of halogens is 7. The highest BCUT2D eigenvalue weighted by Gasteiger charge is 2.57. The molecule has 0 radical (unpaired) electrons. The van der Waals surface area contributed by atoms with Crippen LogP contribution in [0.3, 0.4) is 0 Å². The van der Waals surface area contributed by atoms with Gasteiger partial charge in [0, 0.05) is 55.3 Å². The molecule has 0 aliphatic carbocycles. The molecule has 0 saturated carbocycles. The monoisotopic (exact) mass is 775 g/mol. The van der Waals surface area contributed by atoms with E-state index in [1.165, 1.54) is 12.0 Å². The second-order valence-corrected chi connectivity index (χ2v) is 14.2. The molecule has 1 aromatic carbocycles. The maximum Gasteiger partial charge on any atom is 0.425 e. The molecular weight excluding hydrogens is 740 g/mol. The molecule has 0 spiro atoms. The van der Waals surface area contributed by atoms with Gasteiger partial charge in [-0.05, 0) is 61.1 Å². The van der Waals surface area contributed by atoms with Gasteiger partial charge in [-0.2, -0.15) is 26.3 Å². The first kappa shape index (κ1) is 39.3. The third-order valence-corrected chi connectivity index (χ3v) is 10.6. The van der Waals surface area contributed by atoms with Gasteiger partial charge < -0.3 is 24.4 Å². The summed E-state index contributed by atoms with van der Waals surface area (Å²) in [4.78, 5) is 47.0. The maximum absolute atomic E-state index is 15.3. The van der Waals surface area contributed by atoms with E-state index in [2.05, 4.69) is 4.98 Å².